The fourth-order valence-corrected chi connectivity index (χ4v) is 1.15. The predicted molar refractivity (Wildman–Crippen MR) is 49.8 cm³/mol. The topological polar surface area (TPSA) is 74.6 Å². The molecule has 0 radical (unpaired) electrons. The van der Waals surface area contributed by atoms with E-state index in [-0.39, 0.29) is 22.7 Å². The zero-order valence-electron chi connectivity index (χ0n) is 7.87. The van der Waals surface area contributed by atoms with Crippen molar-refractivity contribution in [2.75, 3.05) is 0 Å². The summed E-state index contributed by atoms with van der Waals surface area (Å²) in [7, 11) is 0. The van der Waals surface area contributed by atoms with Gasteiger partial charge in [0.15, 0.2) is 5.78 Å². The Kier molecular flexibility index (Phi) is 2.56. The fourth-order valence-electron chi connectivity index (χ4n) is 1.15. The van der Waals surface area contributed by atoms with E-state index in [2.05, 4.69) is 0 Å². The van der Waals surface area contributed by atoms with Gasteiger partial charge in [0.1, 0.15) is 11.3 Å². The average molecular weight is 194 g/mol. The maximum Gasteiger partial charge on any atom is 0.339 e. The van der Waals surface area contributed by atoms with Crippen LogP contribution >= 0.6 is 0 Å². The Morgan fingerprint density at radius 3 is 2.29 bits per heavy atom. The van der Waals surface area contributed by atoms with E-state index in [0.717, 1.165) is 0 Å². The number of carbonyl (C=O) groups excluding carboxylic acids is 1. The lowest BCUT2D eigenvalue weighted by molar-refractivity contribution is 0.0693. The molecule has 0 saturated heterocycles. The molecule has 0 fully saturated rings. The molecule has 0 aliphatic heterocycles. The van der Waals surface area contributed by atoms with Gasteiger partial charge in [-0.15, -0.1) is 0 Å². The summed E-state index contributed by atoms with van der Waals surface area (Å²) < 4.78 is 0. The Balaban J connectivity index is 3.43. The molecule has 0 aliphatic carbocycles. The molecule has 0 aromatic heterocycles. The molecule has 0 amide bonds. The molecular weight excluding hydrogens is 184 g/mol. The minimum Gasteiger partial charge on any atom is -0.507 e. The SMILES string of the molecule is CC(=O)c1cc(C)c(O)c(C(=O)O)c1. The van der Waals surface area contributed by atoms with Crippen LogP contribution in [0.5, 0.6) is 5.75 Å². The van der Waals surface area contributed by atoms with Crippen LogP contribution in [0.2, 0.25) is 0 Å². The Bertz CT molecular complexity index is 407. The van der Waals surface area contributed by atoms with Gasteiger partial charge >= 0.3 is 5.97 Å². The number of aryl methyl sites for hydroxylation is 1. The number of rotatable bonds is 2. The van der Waals surface area contributed by atoms with Crippen LogP contribution in [0.25, 0.3) is 0 Å². The number of phenols is 1. The predicted octanol–water partition coefficient (Wildman–Crippen LogP) is 1.60. The van der Waals surface area contributed by atoms with E-state index in [1.165, 1.54) is 19.1 Å². The van der Waals surface area contributed by atoms with Crippen LogP contribution in [-0.4, -0.2) is 22.0 Å². The highest BCUT2D eigenvalue weighted by Gasteiger charge is 2.14. The van der Waals surface area contributed by atoms with Crippen molar-refractivity contribution in [1.29, 1.82) is 0 Å². The van der Waals surface area contributed by atoms with Gasteiger partial charge in [-0.1, -0.05) is 0 Å². The molecule has 1 rings (SSSR count). The van der Waals surface area contributed by atoms with Gasteiger partial charge < -0.3 is 10.2 Å². The molecule has 4 heteroatoms. The van der Waals surface area contributed by atoms with Gasteiger partial charge in [-0.05, 0) is 31.5 Å². The minimum absolute atomic E-state index is 0.226. The number of benzene rings is 1. The van der Waals surface area contributed by atoms with E-state index < -0.39 is 5.97 Å². The van der Waals surface area contributed by atoms with Crippen molar-refractivity contribution in [3.05, 3.63) is 28.8 Å². The van der Waals surface area contributed by atoms with Crippen molar-refractivity contribution in [2.24, 2.45) is 0 Å². The highest BCUT2D eigenvalue weighted by molar-refractivity contribution is 5.99. The maximum absolute atomic E-state index is 11.0. The summed E-state index contributed by atoms with van der Waals surface area (Å²) in [5.74, 6) is -1.76. The molecule has 0 atom stereocenters. The minimum atomic E-state index is -1.24. The summed E-state index contributed by atoms with van der Waals surface area (Å²) in [4.78, 5) is 21.7. The Hall–Kier alpha value is -1.84. The van der Waals surface area contributed by atoms with Gasteiger partial charge in [0.05, 0.1) is 0 Å². The van der Waals surface area contributed by atoms with Crippen LogP contribution in [0.15, 0.2) is 12.1 Å². The highest BCUT2D eigenvalue weighted by atomic mass is 16.4. The molecule has 1 aromatic carbocycles. The summed E-state index contributed by atoms with van der Waals surface area (Å²) in [6.45, 7) is 2.89. The summed E-state index contributed by atoms with van der Waals surface area (Å²) in [6.07, 6.45) is 0. The third-order valence-electron chi connectivity index (χ3n) is 1.94. The van der Waals surface area contributed by atoms with E-state index >= 15 is 0 Å². The van der Waals surface area contributed by atoms with Crippen molar-refractivity contribution in [3.63, 3.8) is 0 Å². The van der Waals surface area contributed by atoms with E-state index in [1.54, 1.807) is 6.92 Å². The van der Waals surface area contributed by atoms with Crippen molar-refractivity contribution in [2.45, 2.75) is 13.8 Å². The van der Waals surface area contributed by atoms with E-state index in [4.69, 9.17) is 5.11 Å². The molecule has 0 bridgehead atoms. The van der Waals surface area contributed by atoms with Gasteiger partial charge in [-0.2, -0.15) is 0 Å². The lowest BCUT2D eigenvalue weighted by Gasteiger charge is -2.05. The van der Waals surface area contributed by atoms with Crippen LogP contribution < -0.4 is 0 Å². The second-order valence-corrected chi connectivity index (χ2v) is 3.05. The van der Waals surface area contributed by atoms with Crippen molar-refractivity contribution in [3.8, 4) is 5.75 Å². The van der Waals surface area contributed by atoms with Crippen molar-refractivity contribution >= 4 is 11.8 Å². The van der Waals surface area contributed by atoms with Gasteiger partial charge in [-0.25, -0.2) is 4.79 Å². The molecule has 0 spiro atoms. The second-order valence-electron chi connectivity index (χ2n) is 3.05. The number of carboxylic acid groups (broad SMARTS) is 1. The molecule has 1 aromatic rings. The number of ketones is 1. The second kappa shape index (κ2) is 3.49. The first-order valence-electron chi connectivity index (χ1n) is 4.01. The first-order valence-corrected chi connectivity index (χ1v) is 4.01. The number of carboxylic acids is 1. The molecule has 0 saturated carbocycles. The molecule has 4 nitrogen and oxygen atoms in total. The first kappa shape index (κ1) is 10.2. The third kappa shape index (κ3) is 1.74. The number of Topliss-reactive ketones (excluding diaryl/α,β-unsaturated/α-hetero) is 1. The van der Waals surface area contributed by atoms with Gasteiger partial charge in [0, 0.05) is 5.56 Å². The zero-order chi connectivity index (χ0) is 10.9. The van der Waals surface area contributed by atoms with Crippen LogP contribution in [0.4, 0.5) is 0 Å². The number of aromatic hydroxyl groups is 1. The molecular formula is C10H10O4. The van der Waals surface area contributed by atoms with Crippen LogP contribution in [0.3, 0.4) is 0 Å². The summed E-state index contributed by atoms with van der Waals surface area (Å²) >= 11 is 0. The monoisotopic (exact) mass is 194 g/mol. The molecule has 14 heavy (non-hydrogen) atoms. The third-order valence-corrected chi connectivity index (χ3v) is 1.94. The molecule has 0 aliphatic rings. The molecule has 0 heterocycles. The fraction of sp³-hybridized carbons (Fsp3) is 0.200. The maximum atomic E-state index is 11.0. The lowest BCUT2D eigenvalue weighted by atomic mass is 10.0. The number of aromatic carboxylic acids is 1. The summed E-state index contributed by atoms with van der Waals surface area (Å²) in [6, 6.07) is 2.64. The standard InChI is InChI=1S/C10H10O4/c1-5-3-7(6(2)11)4-8(9(5)12)10(13)14/h3-4,12H,1-2H3,(H,13,14). The molecule has 0 unspecified atom stereocenters. The van der Waals surface area contributed by atoms with Gasteiger partial charge in [0.2, 0.25) is 0 Å². The van der Waals surface area contributed by atoms with Crippen LogP contribution in [-0.2, 0) is 0 Å². The normalized spacial score (nSPS) is 9.86. The van der Waals surface area contributed by atoms with Gasteiger partial charge in [-0.3, -0.25) is 4.79 Å². The van der Waals surface area contributed by atoms with Crippen molar-refractivity contribution < 1.29 is 19.8 Å². The largest absolute Gasteiger partial charge is 0.507 e. The molecule has 74 valence electrons. The Labute approximate surface area is 80.8 Å². The average Bonchev–Trinajstić information content (AvgIpc) is 2.08. The van der Waals surface area contributed by atoms with Crippen molar-refractivity contribution in [1.82, 2.24) is 0 Å². The summed E-state index contributed by atoms with van der Waals surface area (Å²) in [5.41, 5.74) is 0.433. The quantitative estimate of drug-likeness (QED) is 0.701. The smallest absolute Gasteiger partial charge is 0.339 e. The lowest BCUT2D eigenvalue weighted by Crippen LogP contribution is -2.02. The highest BCUT2D eigenvalue weighted by Crippen LogP contribution is 2.24. The van der Waals surface area contributed by atoms with Crippen LogP contribution in [0.1, 0.15) is 33.2 Å². The molecule has 2 N–H and O–H groups in total. The van der Waals surface area contributed by atoms with E-state index in [0.29, 0.717) is 5.56 Å². The Morgan fingerprint density at radius 2 is 1.86 bits per heavy atom. The van der Waals surface area contributed by atoms with Crippen LogP contribution in [0, 0.1) is 6.92 Å². The summed E-state index contributed by atoms with van der Waals surface area (Å²) in [5, 5.41) is 18.1. The van der Waals surface area contributed by atoms with Gasteiger partial charge in [0.25, 0.3) is 0 Å². The van der Waals surface area contributed by atoms with E-state index in [9.17, 15) is 14.7 Å². The Morgan fingerprint density at radius 1 is 1.29 bits per heavy atom. The number of hydrogen-bond acceptors (Lipinski definition) is 3. The zero-order valence-corrected chi connectivity index (χ0v) is 7.87. The number of carbonyl (C=O) groups is 2. The first-order chi connectivity index (χ1) is 6.43. The number of hydrogen-bond donors (Lipinski definition) is 2. The van der Waals surface area contributed by atoms with E-state index in [1.807, 2.05) is 0 Å².